The maximum absolute atomic E-state index is 5.71. The van der Waals surface area contributed by atoms with Crippen molar-refractivity contribution in [3.05, 3.63) is 65.0 Å². The van der Waals surface area contributed by atoms with E-state index in [1.165, 1.54) is 5.56 Å². The van der Waals surface area contributed by atoms with Crippen molar-refractivity contribution in [1.29, 1.82) is 0 Å². The Kier molecular flexibility index (Phi) is 4.07. The molecule has 112 valence electrons. The fraction of sp³-hybridized carbons (Fsp3) is 0.211. The molecule has 0 fully saturated rings. The summed E-state index contributed by atoms with van der Waals surface area (Å²) in [5.41, 5.74) is 10.8. The minimum absolute atomic E-state index is 0.510. The maximum atomic E-state index is 5.71. The van der Waals surface area contributed by atoms with Gasteiger partial charge in [-0.1, -0.05) is 44.2 Å². The van der Waals surface area contributed by atoms with Gasteiger partial charge in [-0.2, -0.15) is 0 Å². The van der Waals surface area contributed by atoms with Crippen molar-refractivity contribution in [2.75, 3.05) is 0 Å². The second kappa shape index (κ2) is 6.16. The molecule has 0 unspecified atom stereocenters. The molecule has 2 aromatic carbocycles. The van der Waals surface area contributed by atoms with Gasteiger partial charge < -0.3 is 10.2 Å². The molecule has 3 heteroatoms. The molecular formula is C19H20N2O. The van der Waals surface area contributed by atoms with Crippen LogP contribution >= 0.6 is 0 Å². The number of hydrogen-bond donors (Lipinski definition) is 1. The van der Waals surface area contributed by atoms with Crippen molar-refractivity contribution in [1.82, 2.24) is 4.98 Å². The lowest BCUT2D eigenvalue weighted by Crippen LogP contribution is -1.94. The topological polar surface area (TPSA) is 52.0 Å². The van der Waals surface area contributed by atoms with Crippen LogP contribution in [0, 0.1) is 0 Å². The highest BCUT2D eigenvalue weighted by Gasteiger charge is 2.04. The molecule has 0 aliphatic heterocycles. The first kappa shape index (κ1) is 14.5. The zero-order chi connectivity index (χ0) is 15.5. The van der Waals surface area contributed by atoms with Crippen molar-refractivity contribution < 1.29 is 4.42 Å². The molecule has 0 aliphatic carbocycles. The molecule has 0 radical (unpaired) electrons. The number of hydrogen-bond acceptors (Lipinski definition) is 3. The van der Waals surface area contributed by atoms with Gasteiger partial charge in [0.2, 0.25) is 5.89 Å². The minimum atomic E-state index is 0.510. The monoisotopic (exact) mass is 292 g/mol. The van der Waals surface area contributed by atoms with Gasteiger partial charge in [0.1, 0.15) is 5.52 Å². The molecule has 0 spiro atoms. The molecule has 3 aromatic rings. The second-order valence-corrected chi connectivity index (χ2v) is 5.71. The predicted molar refractivity (Wildman–Crippen MR) is 91.4 cm³/mol. The Balaban J connectivity index is 1.82. The van der Waals surface area contributed by atoms with Crippen LogP contribution in [0.3, 0.4) is 0 Å². The first-order chi connectivity index (χ1) is 10.7. The quantitative estimate of drug-likeness (QED) is 0.765. The third kappa shape index (κ3) is 3.10. The molecule has 0 amide bonds. The van der Waals surface area contributed by atoms with E-state index in [9.17, 15) is 0 Å². The zero-order valence-electron chi connectivity index (χ0n) is 12.9. The molecule has 0 saturated heterocycles. The molecule has 1 aromatic heterocycles. The van der Waals surface area contributed by atoms with E-state index in [2.05, 4.69) is 43.1 Å². The van der Waals surface area contributed by atoms with Gasteiger partial charge in [-0.3, -0.25) is 0 Å². The van der Waals surface area contributed by atoms with Crippen LogP contribution in [0.4, 0.5) is 0 Å². The van der Waals surface area contributed by atoms with E-state index in [1.54, 1.807) is 0 Å². The van der Waals surface area contributed by atoms with E-state index >= 15 is 0 Å². The summed E-state index contributed by atoms with van der Waals surface area (Å²) in [4.78, 5) is 4.47. The number of fused-ring (bicyclic) bond motifs is 1. The molecular weight excluding hydrogens is 272 g/mol. The number of benzene rings is 2. The van der Waals surface area contributed by atoms with Crippen LogP contribution < -0.4 is 5.73 Å². The SMILES string of the molecule is CC(C)c1ccc(/C=C/c2nc3cc(CN)ccc3o2)cc1. The average Bonchev–Trinajstić information content (AvgIpc) is 2.95. The van der Waals surface area contributed by atoms with Crippen LogP contribution in [-0.4, -0.2) is 4.98 Å². The van der Waals surface area contributed by atoms with E-state index in [0.717, 1.165) is 22.2 Å². The van der Waals surface area contributed by atoms with E-state index < -0.39 is 0 Å². The summed E-state index contributed by atoms with van der Waals surface area (Å²) in [5, 5.41) is 0. The van der Waals surface area contributed by atoms with Gasteiger partial charge in [0, 0.05) is 12.6 Å². The van der Waals surface area contributed by atoms with E-state index in [-0.39, 0.29) is 0 Å². The summed E-state index contributed by atoms with van der Waals surface area (Å²) in [6.07, 6.45) is 3.91. The number of aromatic nitrogens is 1. The third-order valence-electron chi connectivity index (χ3n) is 3.73. The lowest BCUT2D eigenvalue weighted by molar-refractivity contribution is 0.589. The van der Waals surface area contributed by atoms with Gasteiger partial charge in [0.05, 0.1) is 0 Å². The number of oxazole rings is 1. The Bertz CT molecular complexity index is 798. The summed E-state index contributed by atoms with van der Waals surface area (Å²) in [5.74, 6) is 1.16. The minimum Gasteiger partial charge on any atom is -0.437 e. The van der Waals surface area contributed by atoms with Crippen molar-refractivity contribution in [3.8, 4) is 0 Å². The lowest BCUT2D eigenvalue weighted by Gasteiger charge is -2.04. The van der Waals surface area contributed by atoms with Crippen molar-refractivity contribution in [2.45, 2.75) is 26.3 Å². The Morgan fingerprint density at radius 2 is 1.86 bits per heavy atom. The van der Waals surface area contributed by atoms with Crippen molar-refractivity contribution >= 4 is 23.3 Å². The largest absolute Gasteiger partial charge is 0.437 e. The molecule has 3 rings (SSSR count). The van der Waals surface area contributed by atoms with Crippen LogP contribution in [0.5, 0.6) is 0 Å². The molecule has 1 heterocycles. The van der Waals surface area contributed by atoms with Crippen LogP contribution in [0.15, 0.2) is 46.9 Å². The molecule has 0 bridgehead atoms. The highest BCUT2D eigenvalue weighted by molar-refractivity contribution is 5.76. The molecule has 0 atom stereocenters. The summed E-state index contributed by atoms with van der Waals surface area (Å²) in [6, 6.07) is 14.4. The van der Waals surface area contributed by atoms with E-state index in [1.807, 2.05) is 30.4 Å². The number of nitrogens with zero attached hydrogens (tertiary/aromatic N) is 1. The van der Waals surface area contributed by atoms with E-state index in [0.29, 0.717) is 18.4 Å². The van der Waals surface area contributed by atoms with Gasteiger partial charge in [0.25, 0.3) is 0 Å². The van der Waals surface area contributed by atoms with Crippen LogP contribution in [-0.2, 0) is 6.54 Å². The number of nitrogens with two attached hydrogens (primary N) is 1. The third-order valence-corrected chi connectivity index (χ3v) is 3.73. The van der Waals surface area contributed by atoms with Gasteiger partial charge in [-0.15, -0.1) is 0 Å². The van der Waals surface area contributed by atoms with Crippen molar-refractivity contribution in [2.24, 2.45) is 5.73 Å². The fourth-order valence-corrected chi connectivity index (χ4v) is 2.35. The predicted octanol–water partition coefficient (Wildman–Crippen LogP) is 4.58. The highest BCUT2D eigenvalue weighted by atomic mass is 16.3. The standard InChI is InChI=1S/C19H20N2O/c1-13(2)16-7-3-14(4-8-16)6-10-19-21-17-11-15(12-20)5-9-18(17)22-19/h3-11,13H,12,20H2,1-2H3/b10-6+. The van der Waals surface area contributed by atoms with Gasteiger partial charge in [-0.25, -0.2) is 4.98 Å². The van der Waals surface area contributed by atoms with Gasteiger partial charge >= 0.3 is 0 Å². The Hall–Kier alpha value is -2.39. The lowest BCUT2D eigenvalue weighted by atomic mass is 10.0. The summed E-state index contributed by atoms with van der Waals surface area (Å²) >= 11 is 0. The van der Waals surface area contributed by atoms with Gasteiger partial charge in [0.15, 0.2) is 5.58 Å². The van der Waals surface area contributed by atoms with Crippen LogP contribution in [0.1, 0.15) is 42.3 Å². The van der Waals surface area contributed by atoms with Gasteiger partial charge in [-0.05, 0) is 40.8 Å². The summed E-state index contributed by atoms with van der Waals surface area (Å²) < 4.78 is 5.71. The summed E-state index contributed by atoms with van der Waals surface area (Å²) in [7, 11) is 0. The first-order valence-corrected chi connectivity index (χ1v) is 7.53. The Labute approximate surface area is 130 Å². The van der Waals surface area contributed by atoms with Crippen LogP contribution in [0.25, 0.3) is 23.3 Å². The van der Waals surface area contributed by atoms with Crippen LogP contribution in [0.2, 0.25) is 0 Å². The van der Waals surface area contributed by atoms with Crippen molar-refractivity contribution in [3.63, 3.8) is 0 Å². The Morgan fingerprint density at radius 3 is 2.55 bits per heavy atom. The summed E-state index contributed by atoms with van der Waals surface area (Å²) in [6.45, 7) is 4.90. The smallest absolute Gasteiger partial charge is 0.220 e. The highest BCUT2D eigenvalue weighted by Crippen LogP contribution is 2.19. The fourth-order valence-electron chi connectivity index (χ4n) is 2.35. The molecule has 22 heavy (non-hydrogen) atoms. The zero-order valence-corrected chi connectivity index (χ0v) is 12.9. The van der Waals surface area contributed by atoms with E-state index in [4.69, 9.17) is 10.2 Å². The molecule has 2 N–H and O–H groups in total. The first-order valence-electron chi connectivity index (χ1n) is 7.53. The number of rotatable bonds is 4. The second-order valence-electron chi connectivity index (χ2n) is 5.71. The normalized spacial score (nSPS) is 11.8. The average molecular weight is 292 g/mol. The molecule has 0 saturated carbocycles. The molecule has 3 nitrogen and oxygen atoms in total. The Morgan fingerprint density at radius 1 is 1.09 bits per heavy atom. The maximum Gasteiger partial charge on any atom is 0.220 e. The molecule has 0 aliphatic rings.